The van der Waals surface area contributed by atoms with Crippen LogP contribution in [0.5, 0.6) is 0 Å². The first-order chi connectivity index (χ1) is 8.52. The van der Waals surface area contributed by atoms with E-state index in [0.717, 1.165) is 6.54 Å². The zero-order valence-electron chi connectivity index (χ0n) is 11.5. The lowest BCUT2D eigenvalue weighted by atomic mass is 9.74. The van der Waals surface area contributed by atoms with Crippen molar-refractivity contribution in [2.75, 3.05) is 6.54 Å². The van der Waals surface area contributed by atoms with E-state index in [-0.39, 0.29) is 5.41 Å². The van der Waals surface area contributed by atoms with Crippen molar-refractivity contribution in [1.82, 2.24) is 5.32 Å². The molecule has 0 spiro atoms. The van der Waals surface area contributed by atoms with Gasteiger partial charge in [-0.25, -0.2) is 0 Å². The molecule has 1 aliphatic rings. The second-order valence-corrected chi connectivity index (χ2v) is 6.10. The standard InChI is InChI=1S/C16H22N2/c1-12-6-4-5-7-15(12)13-8-14(9-13)18-11-16(2,3)10-17/h4-7,13-14,18H,8-9,11H2,1-3H3. The molecule has 0 aromatic heterocycles. The van der Waals surface area contributed by atoms with Crippen molar-refractivity contribution in [2.24, 2.45) is 5.41 Å². The van der Waals surface area contributed by atoms with Gasteiger partial charge in [0.2, 0.25) is 0 Å². The molecular weight excluding hydrogens is 220 g/mol. The van der Waals surface area contributed by atoms with E-state index in [1.54, 1.807) is 0 Å². The van der Waals surface area contributed by atoms with Gasteiger partial charge in [0.1, 0.15) is 0 Å². The molecule has 0 amide bonds. The number of nitriles is 1. The van der Waals surface area contributed by atoms with Crippen LogP contribution in [0.1, 0.15) is 43.7 Å². The van der Waals surface area contributed by atoms with E-state index in [2.05, 4.69) is 42.6 Å². The molecule has 1 aromatic carbocycles. The summed E-state index contributed by atoms with van der Waals surface area (Å²) in [5.74, 6) is 0.703. The monoisotopic (exact) mass is 242 g/mol. The first-order valence-corrected chi connectivity index (χ1v) is 6.72. The second-order valence-electron chi connectivity index (χ2n) is 6.10. The smallest absolute Gasteiger partial charge is 0.0697 e. The van der Waals surface area contributed by atoms with Crippen molar-refractivity contribution < 1.29 is 0 Å². The van der Waals surface area contributed by atoms with Crippen LogP contribution in [0, 0.1) is 23.7 Å². The quantitative estimate of drug-likeness (QED) is 0.878. The van der Waals surface area contributed by atoms with Crippen LogP contribution in [0.2, 0.25) is 0 Å². The molecule has 2 nitrogen and oxygen atoms in total. The molecule has 1 aliphatic carbocycles. The van der Waals surface area contributed by atoms with Gasteiger partial charge in [-0.3, -0.25) is 0 Å². The summed E-state index contributed by atoms with van der Waals surface area (Å²) in [6, 6.07) is 11.6. The van der Waals surface area contributed by atoms with Crippen molar-refractivity contribution in [2.45, 2.75) is 45.6 Å². The molecule has 18 heavy (non-hydrogen) atoms. The van der Waals surface area contributed by atoms with E-state index in [1.165, 1.54) is 24.0 Å². The summed E-state index contributed by atoms with van der Waals surface area (Å²) >= 11 is 0. The highest BCUT2D eigenvalue weighted by atomic mass is 14.9. The SMILES string of the molecule is Cc1ccccc1C1CC(NCC(C)(C)C#N)C1. The topological polar surface area (TPSA) is 35.8 Å². The molecule has 0 radical (unpaired) electrons. The number of hydrogen-bond acceptors (Lipinski definition) is 2. The van der Waals surface area contributed by atoms with Gasteiger partial charge in [0.05, 0.1) is 11.5 Å². The van der Waals surface area contributed by atoms with Crippen molar-refractivity contribution in [3.63, 3.8) is 0 Å². The molecule has 1 aromatic rings. The lowest BCUT2D eigenvalue weighted by Crippen LogP contribution is -2.44. The van der Waals surface area contributed by atoms with E-state index >= 15 is 0 Å². The second kappa shape index (κ2) is 5.12. The van der Waals surface area contributed by atoms with Gasteiger partial charge < -0.3 is 5.32 Å². The fourth-order valence-electron chi connectivity index (χ4n) is 2.52. The van der Waals surface area contributed by atoms with Crippen LogP contribution in [0.4, 0.5) is 0 Å². The summed E-state index contributed by atoms with van der Waals surface area (Å²) in [6.45, 7) is 6.94. The number of rotatable bonds is 4. The molecule has 0 bridgehead atoms. The van der Waals surface area contributed by atoms with Crippen LogP contribution in [0.3, 0.4) is 0 Å². The Hall–Kier alpha value is -1.33. The lowest BCUT2D eigenvalue weighted by Gasteiger charge is -2.38. The summed E-state index contributed by atoms with van der Waals surface area (Å²) in [4.78, 5) is 0. The average molecular weight is 242 g/mol. The van der Waals surface area contributed by atoms with Crippen LogP contribution in [0.25, 0.3) is 0 Å². The van der Waals surface area contributed by atoms with E-state index in [0.29, 0.717) is 12.0 Å². The third-order valence-electron chi connectivity index (χ3n) is 3.90. The predicted molar refractivity (Wildman–Crippen MR) is 74.3 cm³/mol. The van der Waals surface area contributed by atoms with Gasteiger partial charge in [0.25, 0.3) is 0 Å². The highest BCUT2D eigenvalue weighted by molar-refractivity contribution is 5.31. The predicted octanol–water partition coefficient (Wildman–Crippen LogP) is 3.38. The minimum Gasteiger partial charge on any atom is -0.312 e. The summed E-state index contributed by atoms with van der Waals surface area (Å²) in [7, 11) is 0. The maximum atomic E-state index is 8.97. The maximum Gasteiger partial charge on any atom is 0.0697 e. The average Bonchev–Trinajstić information content (AvgIpc) is 2.29. The van der Waals surface area contributed by atoms with Crippen LogP contribution in [-0.2, 0) is 0 Å². The fourth-order valence-corrected chi connectivity index (χ4v) is 2.52. The first-order valence-electron chi connectivity index (χ1n) is 6.72. The highest BCUT2D eigenvalue weighted by Crippen LogP contribution is 2.38. The van der Waals surface area contributed by atoms with E-state index in [1.807, 2.05) is 13.8 Å². The molecule has 0 aliphatic heterocycles. The minimum atomic E-state index is -0.256. The van der Waals surface area contributed by atoms with Gasteiger partial charge in [-0.05, 0) is 50.7 Å². The maximum absolute atomic E-state index is 8.97. The number of nitrogens with zero attached hydrogens (tertiary/aromatic N) is 1. The number of benzene rings is 1. The van der Waals surface area contributed by atoms with Crippen molar-refractivity contribution in [3.05, 3.63) is 35.4 Å². The van der Waals surface area contributed by atoms with Gasteiger partial charge in [-0.15, -0.1) is 0 Å². The van der Waals surface area contributed by atoms with Crippen molar-refractivity contribution in [3.8, 4) is 6.07 Å². The molecule has 0 saturated heterocycles. The van der Waals surface area contributed by atoms with Gasteiger partial charge in [0.15, 0.2) is 0 Å². The Kier molecular flexibility index (Phi) is 3.73. The van der Waals surface area contributed by atoms with Crippen molar-refractivity contribution >= 4 is 0 Å². The summed E-state index contributed by atoms with van der Waals surface area (Å²) in [5.41, 5.74) is 2.64. The molecule has 0 atom stereocenters. The van der Waals surface area contributed by atoms with Gasteiger partial charge in [-0.2, -0.15) is 5.26 Å². The number of aryl methyl sites for hydroxylation is 1. The van der Waals surface area contributed by atoms with Gasteiger partial charge in [0, 0.05) is 12.6 Å². The fraction of sp³-hybridized carbons (Fsp3) is 0.562. The Labute approximate surface area is 110 Å². The Balaban J connectivity index is 1.82. The van der Waals surface area contributed by atoms with Gasteiger partial charge >= 0.3 is 0 Å². The normalized spacial score (nSPS) is 23.2. The lowest BCUT2D eigenvalue weighted by molar-refractivity contribution is 0.267. The molecule has 1 N–H and O–H groups in total. The summed E-state index contributed by atoms with van der Waals surface area (Å²) < 4.78 is 0. The number of hydrogen-bond donors (Lipinski definition) is 1. The Bertz CT molecular complexity index is 450. The molecular formula is C16H22N2. The zero-order chi connectivity index (χ0) is 13.2. The summed E-state index contributed by atoms with van der Waals surface area (Å²) in [6.07, 6.45) is 2.40. The number of nitrogens with one attached hydrogen (secondary N) is 1. The van der Waals surface area contributed by atoms with E-state index < -0.39 is 0 Å². The van der Waals surface area contributed by atoms with Crippen molar-refractivity contribution in [1.29, 1.82) is 5.26 Å². The molecule has 2 heteroatoms. The Morgan fingerprint density at radius 3 is 2.61 bits per heavy atom. The van der Waals surface area contributed by atoms with Gasteiger partial charge in [-0.1, -0.05) is 24.3 Å². The molecule has 0 unspecified atom stereocenters. The van der Waals surface area contributed by atoms with Crippen LogP contribution < -0.4 is 5.32 Å². The Morgan fingerprint density at radius 1 is 1.33 bits per heavy atom. The molecule has 96 valence electrons. The van der Waals surface area contributed by atoms with E-state index in [9.17, 15) is 0 Å². The molecule has 1 saturated carbocycles. The third-order valence-corrected chi connectivity index (χ3v) is 3.90. The largest absolute Gasteiger partial charge is 0.312 e. The first kappa shape index (κ1) is 13.1. The molecule has 0 heterocycles. The Morgan fingerprint density at radius 2 is 2.00 bits per heavy atom. The third kappa shape index (κ3) is 2.91. The zero-order valence-corrected chi connectivity index (χ0v) is 11.5. The highest BCUT2D eigenvalue weighted by Gasteiger charge is 2.31. The van der Waals surface area contributed by atoms with Crippen LogP contribution >= 0.6 is 0 Å². The molecule has 2 rings (SSSR count). The minimum absolute atomic E-state index is 0.256. The van der Waals surface area contributed by atoms with Crippen LogP contribution in [0.15, 0.2) is 24.3 Å². The van der Waals surface area contributed by atoms with E-state index in [4.69, 9.17) is 5.26 Å². The molecule has 1 fully saturated rings. The summed E-state index contributed by atoms with van der Waals surface area (Å²) in [5, 5.41) is 12.5. The van der Waals surface area contributed by atoms with Crippen LogP contribution in [-0.4, -0.2) is 12.6 Å².